The van der Waals surface area contributed by atoms with E-state index >= 15 is 0 Å². The first kappa shape index (κ1) is 20.2. The van der Waals surface area contributed by atoms with E-state index in [9.17, 15) is 4.79 Å². The van der Waals surface area contributed by atoms with Gasteiger partial charge in [-0.3, -0.25) is 9.78 Å². The Morgan fingerprint density at radius 1 is 1.25 bits per heavy atom. The third-order valence-electron chi connectivity index (χ3n) is 4.14. The molecule has 28 heavy (non-hydrogen) atoms. The lowest BCUT2D eigenvalue weighted by Crippen LogP contribution is -2.18. The molecule has 9 heteroatoms. The summed E-state index contributed by atoms with van der Waals surface area (Å²) in [5, 5.41) is 3.15. The fourth-order valence-corrected chi connectivity index (χ4v) is 3.56. The third-order valence-corrected chi connectivity index (χ3v) is 5.11. The van der Waals surface area contributed by atoms with Crippen molar-refractivity contribution < 1.29 is 4.42 Å². The molecule has 0 unspecified atom stereocenters. The molecule has 3 N–H and O–H groups in total. The standard InChI is InChI=1S/C19H26N6O2S/c1-13-17(23-12-22-13)11-28-7-6-20-19-21-9-14(18(26)24-19)8-15-4-5-16(27-15)10-25(2)3/h4-5,9,12H,6-8,10-11H2,1-3H3,(H,22,23)(H2,20,21,24,26). The van der Waals surface area contributed by atoms with Crippen LogP contribution in [-0.2, 0) is 18.7 Å². The van der Waals surface area contributed by atoms with Crippen molar-refractivity contribution in [2.75, 3.05) is 31.7 Å². The van der Waals surface area contributed by atoms with Gasteiger partial charge in [-0.25, -0.2) is 9.97 Å². The van der Waals surface area contributed by atoms with Gasteiger partial charge in [-0.1, -0.05) is 0 Å². The maximum absolute atomic E-state index is 12.3. The van der Waals surface area contributed by atoms with E-state index in [0.717, 1.165) is 41.0 Å². The van der Waals surface area contributed by atoms with Crippen molar-refractivity contribution >= 4 is 17.7 Å². The Bertz CT molecular complexity index is 946. The van der Waals surface area contributed by atoms with Gasteiger partial charge in [0.25, 0.3) is 5.56 Å². The number of hydrogen-bond acceptors (Lipinski definition) is 7. The van der Waals surface area contributed by atoms with Gasteiger partial charge in [0, 0.05) is 41.9 Å². The molecule has 0 aliphatic rings. The van der Waals surface area contributed by atoms with Crippen LogP contribution in [0.5, 0.6) is 0 Å². The Labute approximate surface area is 168 Å². The second-order valence-corrected chi connectivity index (χ2v) is 7.93. The van der Waals surface area contributed by atoms with Crippen LogP contribution in [0.15, 0.2) is 33.9 Å². The van der Waals surface area contributed by atoms with Crippen LogP contribution in [0, 0.1) is 6.92 Å². The van der Waals surface area contributed by atoms with E-state index in [0.29, 0.717) is 24.5 Å². The lowest BCUT2D eigenvalue weighted by Gasteiger charge is -2.06. The lowest BCUT2D eigenvalue weighted by atomic mass is 10.2. The van der Waals surface area contributed by atoms with Crippen molar-refractivity contribution in [1.82, 2.24) is 24.8 Å². The summed E-state index contributed by atoms with van der Waals surface area (Å²) in [6.07, 6.45) is 3.75. The topological polar surface area (TPSA) is 103 Å². The van der Waals surface area contributed by atoms with Gasteiger partial charge in [-0.2, -0.15) is 11.8 Å². The monoisotopic (exact) mass is 402 g/mol. The number of anilines is 1. The summed E-state index contributed by atoms with van der Waals surface area (Å²) in [5.41, 5.74) is 2.61. The molecule has 150 valence electrons. The van der Waals surface area contributed by atoms with Crippen LogP contribution < -0.4 is 10.9 Å². The highest BCUT2D eigenvalue weighted by Gasteiger charge is 2.08. The predicted molar refractivity (Wildman–Crippen MR) is 112 cm³/mol. The zero-order valence-corrected chi connectivity index (χ0v) is 17.2. The van der Waals surface area contributed by atoms with Crippen LogP contribution in [0.25, 0.3) is 0 Å². The fourth-order valence-electron chi connectivity index (χ4n) is 2.68. The molecule has 3 heterocycles. The van der Waals surface area contributed by atoms with Gasteiger partial charge in [-0.15, -0.1) is 0 Å². The zero-order valence-electron chi connectivity index (χ0n) is 16.4. The Kier molecular flexibility index (Phi) is 6.94. The molecule has 3 aromatic rings. The second-order valence-electron chi connectivity index (χ2n) is 6.82. The van der Waals surface area contributed by atoms with E-state index in [1.54, 1.807) is 24.3 Å². The van der Waals surface area contributed by atoms with E-state index in [-0.39, 0.29) is 5.56 Å². The summed E-state index contributed by atoms with van der Waals surface area (Å²) in [6, 6.07) is 3.84. The number of thioether (sulfide) groups is 1. The fraction of sp³-hybridized carbons (Fsp3) is 0.421. The Morgan fingerprint density at radius 3 is 2.79 bits per heavy atom. The van der Waals surface area contributed by atoms with Crippen molar-refractivity contribution in [2.45, 2.75) is 25.6 Å². The maximum atomic E-state index is 12.3. The molecule has 0 amide bonds. The molecular weight excluding hydrogens is 376 g/mol. The highest BCUT2D eigenvalue weighted by Crippen LogP contribution is 2.13. The van der Waals surface area contributed by atoms with Crippen molar-refractivity contribution in [2.24, 2.45) is 0 Å². The number of nitrogens with one attached hydrogen (secondary N) is 3. The predicted octanol–water partition coefficient (Wildman–Crippen LogP) is 2.39. The van der Waals surface area contributed by atoms with Gasteiger partial charge in [-0.05, 0) is 33.2 Å². The smallest absolute Gasteiger partial charge is 0.255 e. The summed E-state index contributed by atoms with van der Waals surface area (Å²) in [6.45, 7) is 3.46. The molecule has 0 saturated heterocycles. The summed E-state index contributed by atoms with van der Waals surface area (Å²) < 4.78 is 5.77. The van der Waals surface area contributed by atoms with E-state index < -0.39 is 0 Å². The summed E-state index contributed by atoms with van der Waals surface area (Å²) in [4.78, 5) is 28.8. The quantitative estimate of drug-likeness (QED) is 0.447. The number of hydrogen-bond donors (Lipinski definition) is 3. The average molecular weight is 403 g/mol. The van der Waals surface area contributed by atoms with Gasteiger partial charge in [0.2, 0.25) is 5.95 Å². The second kappa shape index (κ2) is 9.61. The number of furan rings is 1. The number of rotatable bonds is 10. The van der Waals surface area contributed by atoms with Gasteiger partial charge < -0.3 is 19.6 Å². The molecule has 0 saturated carbocycles. The van der Waals surface area contributed by atoms with Crippen LogP contribution in [0.2, 0.25) is 0 Å². The van der Waals surface area contributed by atoms with Crippen molar-refractivity contribution in [3.8, 4) is 0 Å². The van der Waals surface area contributed by atoms with E-state index in [4.69, 9.17) is 4.42 Å². The number of aryl methyl sites for hydroxylation is 1. The number of nitrogens with zero attached hydrogens (tertiary/aromatic N) is 3. The SMILES string of the molecule is Cc1[nH]cnc1CSCCNc1ncc(Cc2ccc(CN(C)C)o2)c(=O)[nH]1. The first-order chi connectivity index (χ1) is 13.5. The molecule has 0 aromatic carbocycles. The lowest BCUT2D eigenvalue weighted by molar-refractivity contribution is 0.343. The normalized spacial score (nSPS) is 11.3. The van der Waals surface area contributed by atoms with Gasteiger partial charge in [0.1, 0.15) is 11.5 Å². The van der Waals surface area contributed by atoms with Crippen molar-refractivity contribution in [3.05, 3.63) is 63.5 Å². The zero-order chi connectivity index (χ0) is 19.9. The molecule has 0 aliphatic carbocycles. The Balaban J connectivity index is 1.46. The molecule has 0 atom stereocenters. The van der Waals surface area contributed by atoms with Crippen LogP contribution >= 0.6 is 11.8 Å². The Morgan fingerprint density at radius 2 is 2.07 bits per heavy atom. The van der Waals surface area contributed by atoms with Crippen molar-refractivity contribution in [1.29, 1.82) is 0 Å². The minimum atomic E-state index is -0.150. The van der Waals surface area contributed by atoms with E-state index in [1.807, 2.05) is 38.1 Å². The molecule has 3 aromatic heterocycles. The largest absolute Gasteiger partial charge is 0.464 e. The van der Waals surface area contributed by atoms with Crippen LogP contribution in [0.1, 0.15) is 28.5 Å². The average Bonchev–Trinajstić information content (AvgIpc) is 3.25. The summed E-state index contributed by atoms with van der Waals surface area (Å²) >= 11 is 1.78. The van der Waals surface area contributed by atoms with Gasteiger partial charge in [0.15, 0.2) is 0 Å². The highest BCUT2D eigenvalue weighted by atomic mass is 32.2. The first-order valence-electron chi connectivity index (χ1n) is 9.12. The molecule has 0 fully saturated rings. The number of imidazole rings is 1. The Hall–Kier alpha value is -2.52. The molecule has 0 bridgehead atoms. The molecule has 0 aliphatic heterocycles. The molecule has 8 nitrogen and oxygen atoms in total. The third kappa shape index (κ3) is 5.74. The highest BCUT2D eigenvalue weighted by molar-refractivity contribution is 7.98. The minimum absolute atomic E-state index is 0.150. The molecule has 0 radical (unpaired) electrons. The number of aromatic nitrogens is 4. The molecule has 0 spiro atoms. The van der Waals surface area contributed by atoms with Gasteiger partial charge in [0.05, 0.1) is 18.6 Å². The number of aromatic amines is 2. The molecule has 3 rings (SSSR count). The number of H-pyrrole nitrogens is 2. The van der Waals surface area contributed by atoms with E-state index in [2.05, 4.69) is 25.3 Å². The van der Waals surface area contributed by atoms with Crippen molar-refractivity contribution in [3.63, 3.8) is 0 Å². The van der Waals surface area contributed by atoms with E-state index in [1.165, 1.54) is 0 Å². The van der Waals surface area contributed by atoms with Crippen LogP contribution in [0.4, 0.5) is 5.95 Å². The summed E-state index contributed by atoms with van der Waals surface area (Å²) in [7, 11) is 3.97. The van der Waals surface area contributed by atoms with Crippen LogP contribution in [-0.4, -0.2) is 51.2 Å². The summed E-state index contributed by atoms with van der Waals surface area (Å²) in [5.74, 6) is 3.87. The minimum Gasteiger partial charge on any atom is -0.464 e. The first-order valence-corrected chi connectivity index (χ1v) is 10.3. The van der Waals surface area contributed by atoms with Crippen LogP contribution in [0.3, 0.4) is 0 Å². The van der Waals surface area contributed by atoms with Gasteiger partial charge >= 0.3 is 0 Å². The maximum Gasteiger partial charge on any atom is 0.255 e. The molecular formula is C19H26N6O2S.